The number of aliphatic hydroxyl groups excluding tert-OH is 1. The minimum atomic E-state index is -4.78. The average molecular weight is 456 g/mol. The fourth-order valence-corrected chi connectivity index (χ4v) is 4.55. The van der Waals surface area contributed by atoms with E-state index in [-0.39, 0.29) is 36.8 Å². The largest absolute Gasteiger partial charge is 0.419 e. The summed E-state index contributed by atoms with van der Waals surface area (Å²) in [7, 11) is 1.38. The number of likely N-dealkylation sites (tertiary alicyclic amines) is 1. The molecule has 7 nitrogen and oxygen atoms in total. The van der Waals surface area contributed by atoms with Crippen LogP contribution in [0.25, 0.3) is 0 Å². The van der Waals surface area contributed by atoms with Gasteiger partial charge in [-0.25, -0.2) is 4.39 Å². The molecule has 1 aromatic heterocycles. The van der Waals surface area contributed by atoms with E-state index >= 15 is 0 Å². The Morgan fingerprint density at radius 3 is 2.66 bits per heavy atom. The van der Waals surface area contributed by atoms with Crippen LogP contribution in [0, 0.1) is 5.82 Å². The molecule has 0 spiro atoms. The van der Waals surface area contributed by atoms with Gasteiger partial charge in [-0.3, -0.25) is 14.8 Å². The molecule has 2 aromatic rings. The second-order valence-corrected chi connectivity index (χ2v) is 8.08. The highest BCUT2D eigenvalue weighted by atomic mass is 19.4. The molecule has 1 fully saturated rings. The van der Waals surface area contributed by atoms with Gasteiger partial charge in [0.15, 0.2) is 5.69 Å². The summed E-state index contributed by atoms with van der Waals surface area (Å²) in [5.41, 5.74) is 0.461. The number of piperidine rings is 1. The number of aromatic amines is 1. The zero-order valence-corrected chi connectivity index (χ0v) is 17.5. The number of H-pyrrole nitrogens is 1. The summed E-state index contributed by atoms with van der Waals surface area (Å²) in [4.78, 5) is 16.3. The van der Waals surface area contributed by atoms with Crippen molar-refractivity contribution in [1.82, 2.24) is 20.0 Å². The second kappa shape index (κ2) is 8.80. The lowest BCUT2D eigenvalue weighted by molar-refractivity contribution is -0.181. The van der Waals surface area contributed by atoms with Crippen LogP contribution in [0.15, 0.2) is 18.2 Å². The number of aliphatic hydroxyl groups is 1. The second-order valence-electron chi connectivity index (χ2n) is 8.08. The van der Waals surface area contributed by atoms with E-state index in [9.17, 15) is 27.5 Å². The van der Waals surface area contributed by atoms with Gasteiger partial charge < -0.3 is 14.7 Å². The van der Waals surface area contributed by atoms with Crippen LogP contribution in [-0.4, -0.2) is 64.2 Å². The zero-order chi connectivity index (χ0) is 23.0. The van der Waals surface area contributed by atoms with Gasteiger partial charge in [0.1, 0.15) is 5.82 Å². The van der Waals surface area contributed by atoms with Crippen molar-refractivity contribution in [1.29, 1.82) is 0 Å². The smallest absolute Gasteiger partial charge is 0.356 e. The molecular weight excluding hydrogens is 432 g/mol. The van der Waals surface area contributed by atoms with E-state index in [0.717, 1.165) is 11.8 Å². The molecule has 0 saturated carbocycles. The van der Waals surface area contributed by atoms with Crippen molar-refractivity contribution in [3.8, 4) is 0 Å². The maximum atomic E-state index is 13.9. The number of rotatable bonds is 4. The molecule has 1 saturated heterocycles. The van der Waals surface area contributed by atoms with Crippen LogP contribution in [0.2, 0.25) is 0 Å². The molecule has 1 amide bonds. The fourth-order valence-electron chi connectivity index (χ4n) is 4.55. The molecule has 1 atom stereocenters. The van der Waals surface area contributed by atoms with Crippen LogP contribution >= 0.6 is 0 Å². The van der Waals surface area contributed by atoms with Crippen molar-refractivity contribution in [3.63, 3.8) is 0 Å². The van der Waals surface area contributed by atoms with Gasteiger partial charge in [-0.15, -0.1) is 0 Å². The summed E-state index contributed by atoms with van der Waals surface area (Å²) in [6, 6.07) is 3.41. The van der Waals surface area contributed by atoms with E-state index in [2.05, 4.69) is 10.2 Å². The summed E-state index contributed by atoms with van der Waals surface area (Å²) >= 11 is 0. The molecule has 3 heterocycles. The van der Waals surface area contributed by atoms with E-state index in [4.69, 9.17) is 4.74 Å². The van der Waals surface area contributed by atoms with Gasteiger partial charge in [0, 0.05) is 51.0 Å². The minimum Gasteiger partial charge on any atom is -0.356 e. The van der Waals surface area contributed by atoms with Gasteiger partial charge in [-0.2, -0.15) is 18.3 Å². The summed E-state index contributed by atoms with van der Waals surface area (Å²) in [6.07, 6.45) is -4.72. The Kier molecular flexibility index (Phi) is 6.24. The van der Waals surface area contributed by atoms with Crippen molar-refractivity contribution in [2.24, 2.45) is 0 Å². The Morgan fingerprint density at radius 2 is 2.00 bits per heavy atom. The summed E-state index contributed by atoms with van der Waals surface area (Å²) in [5, 5.41) is 17.0. The molecule has 4 rings (SSSR count). The molecule has 1 aromatic carbocycles. The number of amides is 1. The molecule has 0 bridgehead atoms. The Morgan fingerprint density at radius 1 is 1.28 bits per heavy atom. The molecule has 1 unspecified atom stereocenters. The van der Waals surface area contributed by atoms with Gasteiger partial charge in [-0.05, 0) is 30.4 Å². The first-order valence-corrected chi connectivity index (χ1v) is 10.4. The van der Waals surface area contributed by atoms with Gasteiger partial charge in [0.05, 0.1) is 5.56 Å². The van der Waals surface area contributed by atoms with Gasteiger partial charge in [0.25, 0.3) is 5.91 Å². The molecule has 11 heteroatoms. The molecule has 174 valence electrons. The molecule has 2 N–H and O–H groups in total. The predicted octanol–water partition coefficient (Wildman–Crippen LogP) is 2.87. The Labute approximate surface area is 182 Å². The van der Waals surface area contributed by atoms with Crippen molar-refractivity contribution >= 4 is 5.91 Å². The molecule has 0 aliphatic carbocycles. The van der Waals surface area contributed by atoms with E-state index in [1.807, 2.05) is 0 Å². The van der Waals surface area contributed by atoms with Crippen molar-refractivity contribution in [2.45, 2.75) is 44.3 Å². The van der Waals surface area contributed by atoms with E-state index in [0.29, 0.717) is 31.4 Å². The van der Waals surface area contributed by atoms with Crippen LogP contribution in [0.3, 0.4) is 0 Å². The molecular formula is C21H24F4N4O3. The standard InChI is InChI=1S/C21H24F4N4O3/c1-32-20(31)29-10-7-16-14(11-29)18(27-26-16)19(30)28-8-5-12(6-9-28)13-3-2-4-15(22)17(13)21(23,24)25/h2-4,12,20,31H,5-11H2,1H3,(H,26,27). The first-order valence-electron chi connectivity index (χ1n) is 10.4. The molecule has 0 radical (unpaired) electrons. The van der Waals surface area contributed by atoms with Crippen molar-refractivity contribution < 1.29 is 32.2 Å². The maximum Gasteiger partial charge on any atom is 0.419 e. The number of ether oxygens (including phenoxy) is 1. The summed E-state index contributed by atoms with van der Waals surface area (Å²) in [6.45, 7) is 1.31. The van der Waals surface area contributed by atoms with Crippen LogP contribution < -0.4 is 0 Å². The number of benzene rings is 1. The lowest BCUT2D eigenvalue weighted by atomic mass is 9.86. The molecule has 2 aliphatic rings. The number of alkyl halides is 3. The number of hydrogen-bond donors (Lipinski definition) is 2. The number of methoxy groups -OCH3 is 1. The van der Waals surface area contributed by atoms with Crippen molar-refractivity contribution in [2.75, 3.05) is 26.7 Å². The topological polar surface area (TPSA) is 81.7 Å². The number of nitrogens with zero attached hydrogens (tertiary/aromatic N) is 3. The monoisotopic (exact) mass is 456 g/mol. The maximum absolute atomic E-state index is 13.9. The first kappa shape index (κ1) is 22.7. The average Bonchev–Trinajstić information content (AvgIpc) is 3.20. The number of carbonyl (C=O) groups is 1. The Bertz CT molecular complexity index is 986. The number of aromatic nitrogens is 2. The number of nitrogens with one attached hydrogen (secondary N) is 1. The third kappa shape index (κ3) is 4.24. The van der Waals surface area contributed by atoms with Gasteiger partial charge >= 0.3 is 6.18 Å². The van der Waals surface area contributed by atoms with E-state index < -0.39 is 29.9 Å². The number of hydrogen-bond acceptors (Lipinski definition) is 5. The third-order valence-electron chi connectivity index (χ3n) is 6.24. The highest BCUT2D eigenvalue weighted by molar-refractivity contribution is 5.94. The predicted molar refractivity (Wildman–Crippen MR) is 105 cm³/mol. The Balaban J connectivity index is 1.47. The highest BCUT2D eigenvalue weighted by Gasteiger charge is 2.39. The normalized spacial score (nSPS) is 19.1. The van der Waals surface area contributed by atoms with Crippen LogP contribution in [-0.2, 0) is 23.9 Å². The van der Waals surface area contributed by atoms with Crippen LogP contribution in [0.1, 0.15) is 51.6 Å². The zero-order valence-electron chi connectivity index (χ0n) is 17.5. The van der Waals surface area contributed by atoms with E-state index in [1.54, 1.807) is 9.80 Å². The number of halogens is 4. The lowest BCUT2D eigenvalue weighted by Gasteiger charge is -2.34. The van der Waals surface area contributed by atoms with Crippen LogP contribution in [0.5, 0.6) is 0 Å². The summed E-state index contributed by atoms with van der Waals surface area (Å²) in [5.74, 6) is -2.09. The minimum absolute atomic E-state index is 0.0639. The highest BCUT2D eigenvalue weighted by Crippen LogP contribution is 2.40. The SMILES string of the molecule is COC(O)N1CCc2[nH]nc(C(=O)N3CCC(c4cccc(F)c4C(F)(F)F)CC3)c2C1. The summed E-state index contributed by atoms with van der Waals surface area (Å²) < 4.78 is 59.0. The molecule has 32 heavy (non-hydrogen) atoms. The third-order valence-corrected chi connectivity index (χ3v) is 6.24. The number of carbonyl (C=O) groups excluding carboxylic acids is 1. The van der Waals surface area contributed by atoms with Gasteiger partial charge in [-0.1, -0.05) is 12.1 Å². The fraction of sp³-hybridized carbons (Fsp3) is 0.524. The quantitative estimate of drug-likeness (QED) is 0.546. The number of fused-ring (bicyclic) bond motifs is 1. The first-order chi connectivity index (χ1) is 15.2. The van der Waals surface area contributed by atoms with Gasteiger partial charge in [0.2, 0.25) is 6.41 Å². The van der Waals surface area contributed by atoms with E-state index in [1.165, 1.54) is 19.2 Å². The Hall–Kier alpha value is -2.50. The van der Waals surface area contributed by atoms with Crippen LogP contribution in [0.4, 0.5) is 17.6 Å². The van der Waals surface area contributed by atoms with Crippen molar-refractivity contribution in [3.05, 3.63) is 52.1 Å². The lowest BCUT2D eigenvalue weighted by Crippen LogP contribution is -2.42. The molecule has 2 aliphatic heterocycles.